The van der Waals surface area contributed by atoms with E-state index in [1.807, 2.05) is 34.6 Å². The van der Waals surface area contributed by atoms with Crippen molar-refractivity contribution in [3.63, 3.8) is 0 Å². The van der Waals surface area contributed by atoms with Crippen LogP contribution in [0.15, 0.2) is 18.2 Å². The highest BCUT2D eigenvalue weighted by atomic mass is 16.2. The maximum Gasteiger partial charge on any atom is 0.242 e. The molecule has 0 saturated carbocycles. The van der Waals surface area contributed by atoms with Gasteiger partial charge < -0.3 is 15.2 Å². The smallest absolute Gasteiger partial charge is 0.242 e. The molecule has 1 aromatic carbocycles. The first-order chi connectivity index (χ1) is 9.66. The number of carbonyl (C=O) groups excluding carboxylic acids is 1. The average Bonchev–Trinajstić information content (AvgIpc) is 2.78. The van der Waals surface area contributed by atoms with Gasteiger partial charge in [-0.05, 0) is 38.3 Å². The summed E-state index contributed by atoms with van der Waals surface area (Å²) in [6, 6.07) is 5.71. The number of nitrogens with zero attached hydrogens (tertiary/aromatic N) is 3. The van der Waals surface area contributed by atoms with E-state index < -0.39 is 0 Å². The predicted molar refractivity (Wildman–Crippen MR) is 79.3 cm³/mol. The Balaban J connectivity index is 1.88. The molecular formula is C15H20N4O. The summed E-state index contributed by atoms with van der Waals surface area (Å²) in [5, 5.41) is 0. The van der Waals surface area contributed by atoms with Gasteiger partial charge in [-0.15, -0.1) is 0 Å². The molecule has 0 unspecified atom stereocenters. The highest BCUT2D eigenvalue weighted by molar-refractivity contribution is 5.89. The second kappa shape index (κ2) is 5.15. The molecule has 5 heteroatoms. The van der Waals surface area contributed by atoms with Crippen molar-refractivity contribution < 1.29 is 4.79 Å². The molecule has 1 fully saturated rings. The van der Waals surface area contributed by atoms with Gasteiger partial charge in [-0.25, -0.2) is 4.98 Å². The number of fused-ring (bicyclic) bond motifs is 1. The minimum Gasteiger partial charge on any atom is -0.397 e. The van der Waals surface area contributed by atoms with Crippen molar-refractivity contribution >= 4 is 22.6 Å². The average molecular weight is 272 g/mol. The Kier molecular flexibility index (Phi) is 3.34. The topological polar surface area (TPSA) is 64.1 Å². The summed E-state index contributed by atoms with van der Waals surface area (Å²) in [4.78, 5) is 18.8. The van der Waals surface area contributed by atoms with Gasteiger partial charge in [0.2, 0.25) is 5.91 Å². The van der Waals surface area contributed by atoms with E-state index in [1.165, 1.54) is 6.42 Å². The van der Waals surface area contributed by atoms with Crippen LogP contribution in [0.5, 0.6) is 0 Å². The van der Waals surface area contributed by atoms with Crippen LogP contribution < -0.4 is 5.73 Å². The van der Waals surface area contributed by atoms with E-state index >= 15 is 0 Å². The molecule has 1 amide bonds. The fraction of sp³-hybridized carbons (Fsp3) is 0.467. The van der Waals surface area contributed by atoms with Gasteiger partial charge in [0.05, 0.1) is 11.2 Å². The van der Waals surface area contributed by atoms with Crippen molar-refractivity contribution in [3.05, 3.63) is 24.0 Å². The number of nitrogens with two attached hydrogens (primary N) is 1. The predicted octanol–water partition coefficient (Wildman–Crippen LogP) is 1.94. The number of hydrogen-bond donors (Lipinski definition) is 1. The first kappa shape index (κ1) is 13.0. The molecule has 1 aromatic heterocycles. The molecule has 3 rings (SSSR count). The van der Waals surface area contributed by atoms with Crippen molar-refractivity contribution in [3.8, 4) is 0 Å². The molecule has 0 radical (unpaired) electrons. The number of nitrogen functional groups attached to an aromatic ring is 1. The van der Waals surface area contributed by atoms with E-state index in [-0.39, 0.29) is 5.91 Å². The Labute approximate surface area is 118 Å². The molecule has 1 saturated heterocycles. The third-order valence-corrected chi connectivity index (χ3v) is 4.00. The molecular weight excluding hydrogens is 252 g/mol. The minimum atomic E-state index is 0.175. The monoisotopic (exact) mass is 272 g/mol. The second-order valence-corrected chi connectivity index (χ2v) is 5.40. The largest absolute Gasteiger partial charge is 0.397 e. The first-order valence-electron chi connectivity index (χ1n) is 7.16. The highest BCUT2D eigenvalue weighted by Crippen LogP contribution is 2.22. The Morgan fingerprint density at radius 1 is 1.30 bits per heavy atom. The lowest BCUT2D eigenvalue weighted by Crippen LogP contribution is -2.37. The Bertz CT molecular complexity index is 641. The van der Waals surface area contributed by atoms with E-state index in [2.05, 4.69) is 4.98 Å². The van der Waals surface area contributed by atoms with Crippen molar-refractivity contribution in [2.45, 2.75) is 32.7 Å². The van der Waals surface area contributed by atoms with Crippen LogP contribution in [-0.4, -0.2) is 33.4 Å². The van der Waals surface area contributed by atoms with E-state index in [0.717, 1.165) is 42.8 Å². The van der Waals surface area contributed by atoms with Crippen LogP contribution in [-0.2, 0) is 11.3 Å². The molecule has 0 atom stereocenters. The van der Waals surface area contributed by atoms with Crippen molar-refractivity contribution in [2.75, 3.05) is 18.8 Å². The Morgan fingerprint density at radius 2 is 2.05 bits per heavy atom. The zero-order chi connectivity index (χ0) is 14.1. The van der Waals surface area contributed by atoms with Crippen molar-refractivity contribution in [1.29, 1.82) is 0 Å². The molecule has 0 aliphatic carbocycles. The summed E-state index contributed by atoms with van der Waals surface area (Å²) in [6.07, 6.45) is 3.46. The van der Waals surface area contributed by atoms with Crippen LogP contribution >= 0.6 is 0 Å². The van der Waals surface area contributed by atoms with Crippen LogP contribution in [0.1, 0.15) is 25.1 Å². The van der Waals surface area contributed by atoms with Gasteiger partial charge >= 0.3 is 0 Å². The van der Waals surface area contributed by atoms with Gasteiger partial charge in [-0.3, -0.25) is 4.79 Å². The SMILES string of the molecule is Cc1nc2c(N)cccc2n1CC(=O)N1CCCCC1. The van der Waals surface area contributed by atoms with E-state index in [1.54, 1.807) is 0 Å². The summed E-state index contributed by atoms with van der Waals surface area (Å²) in [5.41, 5.74) is 8.33. The minimum absolute atomic E-state index is 0.175. The number of hydrogen-bond acceptors (Lipinski definition) is 3. The van der Waals surface area contributed by atoms with Crippen LogP contribution in [0.2, 0.25) is 0 Å². The molecule has 0 spiro atoms. The number of piperidine rings is 1. The highest BCUT2D eigenvalue weighted by Gasteiger charge is 2.19. The molecule has 106 valence electrons. The number of para-hydroxylation sites is 1. The van der Waals surface area contributed by atoms with Gasteiger partial charge in [0, 0.05) is 13.1 Å². The standard InChI is InChI=1S/C15H20N4O/c1-11-17-15-12(16)6-5-7-13(15)19(11)10-14(20)18-8-3-2-4-9-18/h5-7H,2-4,8-10,16H2,1H3. The number of aromatic nitrogens is 2. The second-order valence-electron chi connectivity index (χ2n) is 5.40. The number of benzene rings is 1. The van der Waals surface area contributed by atoms with Crippen LogP contribution in [0.25, 0.3) is 11.0 Å². The summed E-state index contributed by atoms with van der Waals surface area (Å²) in [7, 11) is 0. The molecule has 1 aliphatic rings. The lowest BCUT2D eigenvalue weighted by molar-refractivity contribution is -0.132. The Morgan fingerprint density at radius 3 is 2.80 bits per heavy atom. The zero-order valence-corrected chi connectivity index (χ0v) is 11.8. The summed E-state index contributed by atoms with van der Waals surface area (Å²) in [6.45, 7) is 4.04. The molecule has 20 heavy (non-hydrogen) atoms. The normalized spacial score (nSPS) is 15.8. The van der Waals surface area contributed by atoms with E-state index in [9.17, 15) is 4.79 Å². The van der Waals surface area contributed by atoms with Gasteiger partial charge in [0.15, 0.2) is 0 Å². The maximum atomic E-state index is 12.4. The lowest BCUT2D eigenvalue weighted by Gasteiger charge is -2.27. The number of amides is 1. The summed E-state index contributed by atoms with van der Waals surface area (Å²) in [5.74, 6) is 1.01. The number of carbonyl (C=O) groups is 1. The van der Waals surface area contributed by atoms with E-state index in [4.69, 9.17) is 5.73 Å². The van der Waals surface area contributed by atoms with Gasteiger partial charge in [0.25, 0.3) is 0 Å². The van der Waals surface area contributed by atoms with Crippen LogP contribution in [0.3, 0.4) is 0 Å². The first-order valence-corrected chi connectivity index (χ1v) is 7.16. The van der Waals surface area contributed by atoms with Gasteiger partial charge in [-0.2, -0.15) is 0 Å². The molecule has 2 N–H and O–H groups in total. The third-order valence-electron chi connectivity index (χ3n) is 4.00. The lowest BCUT2D eigenvalue weighted by atomic mass is 10.1. The molecule has 2 aromatic rings. The number of anilines is 1. The van der Waals surface area contributed by atoms with E-state index in [0.29, 0.717) is 12.2 Å². The molecule has 2 heterocycles. The zero-order valence-electron chi connectivity index (χ0n) is 11.8. The maximum absolute atomic E-state index is 12.4. The Hall–Kier alpha value is -2.04. The van der Waals surface area contributed by atoms with Gasteiger partial charge in [-0.1, -0.05) is 6.07 Å². The summed E-state index contributed by atoms with van der Waals surface area (Å²) < 4.78 is 1.96. The number of aryl methyl sites for hydroxylation is 1. The van der Waals surface area contributed by atoms with Crippen molar-refractivity contribution in [2.24, 2.45) is 0 Å². The molecule has 5 nitrogen and oxygen atoms in total. The molecule has 1 aliphatic heterocycles. The van der Waals surface area contributed by atoms with Gasteiger partial charge in [0.1, 0.15) is 17.9 Å². The summed E-state index contributed by atoms with van der Waals surface area (Å²) >= 11 is 0. The number of rotatable bonds is 2. The van der Waals surface area contributed by atoms with Crippen LogP contribution in [0, 0.1) is 6.92 Å². The number of likely N-dealkylation sites (tertiary alicyclic amines) is 1. The quantitative estimate of drug-likeness (QED) is 0.850. The van der Waals surface area contributed by atoms with Crippen molar-refractivity contribution in [1.82, 2.24) is 14.5 Å². The third kappa shape index (κ3) is 2.24. The number of imidazole rings is 1. The molecule has 0 bridgehead atoms. The fourth-order valence-electron chi connectivity index (χ4n) is 2.86. The van der Waals surface area contributed by atoms with Crippen LogP contribution in [0.4, 0.5) is 5.69 Å². The fourth-order valence-corrected chi connectivity index (χ4v) is 2.86.